The van der Waals surface area contributed by atoms with E-state index in [-0.39, 0.29) is 23.8 Å². The van der Waals surface area contributed by atoms with Gasteiger partial charge in [0, 0.05) is 6.07 Å². The van der Waals surface area contributed by atoms with Crippen molar-refractivity contribution in [2.24, 2.45) is 5.92 Å². The maximum Gasteiger partial charge on any atom is 0.282 e. The molecule has 0 unspecified atom stereocenters. The summed E-state index contributed by atoms with van der Waals surface area (Å²) in [6.07, 6.45) is 0. The van der Waals surface area contributed by atoms with E-state index in [2.05, 4.69) is 5.32 Å². The lowest BCUT2D eigenvalue weighted by atomic mass is 10.0. The van der Waals surface area contributed by atoms with E-state index in [1.807, 2.05) is 13.8 Å². The molecule has 0 heterocycles. The van der Waals surface area contributed by atoms with Crippen molar-refractivity contribution < 1.29 is 14.8 Å². The van der Waals surface area contributed by atoms with E-state index in [1.165, 1.54) is 12.1 Å². The molecule has 1 amide bonds. The summed E-state index contributed by atoms with van der Waals surface area (Å²) in [4.78, 5) is 22.5. The second-order valence-corrected chi connectivity index (χ2v) is 4.73. The number of benzene rings is 1. The highest BCUT2D eigenvalue weighted by Crippen LogP contribution is 2.22. The van der Waals surface area contributed by atoms with E-state index in [9.17, 15) is 20.0 Å². The Kier molecular flexibility index (Phi) is 5.00. The predicted octanol–water partition coefficient (Wildman–Crippen LogP) is 1.65. The fourth-order valence-corrected chi connectivity index (χ4v) is 1.76. The van der Waals surface area contributed by atoms with Gasteiger partial charge in [-0.05, 0) is 18.4 Å². The number of carbonyl (C=O) groups is 1. The number of nitrogens with zero attached hydrogens (tertiary/aromatic N) is 1. The second-order valence-electron chi connectivity index (χ2n) is 4.73. The lowest BCUT2D eigenvalue weighted by molar-refractivity contribution is -0.385. The molecule has 6 nitrogen and oxygen atoms in total. The second kappa shape index (κ2) is 6.29. The number of aryl methyl sites for hydroxylation is 1. The first-order valence-corrected chi connectivity index (χ1v) is 6.04. The zero-order valence-corrected chi connectivity index (χ0v) is 11.2. The first-order valence-electron chi connectivity index (χ1n) is 6.04. The van der Waals surface area contributed by atoms with Gasteiger partial charge in [-0.15, -0.1) is 0 Å². The molecule has 0 spiro atoms. The van der Waals surface area contributed by atoms with E-state index in [4.69, 9.17) is 0 Å². The van der Waals surface area contributed by atoms with Gasteiger partial charge in [-0.25, -0.2) is 0 Å². The van der Waals surface area contributed by atoms with Gasteiger partial charge in [0.1, 0.15) is 5.56 Å². The third kappa shape index (κ3) is 3.51. The van der Waals surface area contributed by atoms with Gasteiger partial charge < -0.3 is 10.4 Å². The molecule has 0 saturated carbocycles. The van der Waals surface area contributed by atoms with Crippen LogP contribution < -0.4 is 5.32 Å². The van der Waals surface area contributed by atoms with Crippen LogP contribution in [0.4, 0.5) is 5.69 Å². The zero-order valence-electron chi connectivity index (χ0n) is 11.2. The molecule has 0 fully saturated rings. The third-order valence-corrected chi connectivity index (χ3v) is 2.99. The number of aliphatic hydroxyl groups excluding tert-OH is 1. The van der Waals surface area contributed by atoms with Crippen molar-refractivity contribution in [3.05, 3.63) is 39.4 Å². The molecule has 1 rings (SSSR count). The zero-order chi connectivity index (χ0) is 14.6. The first-order chi connectivity index (χ1) is 8.88. The molecule has 1 aromatic rings. The van der Waals surface area contributed by atoms with Gasteiger partial charge in [-0.2, -0.15) is 0 Å². The topological polar surface area (TPSA) is 92.5 Å². The van der Waals surface area contributed by atoms with E-state index in [0.29, 0.717) is 5.56 Å². The van der Waals surface area contributed by atoms with Crippen molar-refractivity contribution in [2.75, 3.05) is 6.61 Å². The van der Waals surface area contributed by atoms with Crippen LogP contribution in [-0.2, 0) is 0 Å². The SMILES string of the molecule is Cc1cccc([N+](=O)[O-])c1C(=O)N[C@H](CO)C(C)C. The van der Waals surface area contributed by atoms with Crippen LogP contribution in [0.2, 0.25) is 0 Å². The van der Waals surface area contributed by atoms with Crippen molar-refractivity contribution in [1.29, 1.82) is 0 Å². The van der Waals surface area contributed by atoms with Crippen molar-refractivity contribution >= 4 is 11.6 Å². The number of carbonyl (C=O) groups excluding carboxylic acids is 1. The van der Waals surface area contributed by atoms with Gasteiger partial charge in [-0.1, -0.05) is 26.0 Å². The van der Waals surface area contributed by atoms with Crippen LogP contribution in [0.5, 0.6) is 0 Å². The van der Waals surface area contributed by atoms with E-state index in [1.54, 1.807) is 13.0 Å². The monoisotopic (exact) mass is 266 g/mol. The number of aliphatic hydroxyl groups is 1. The summed E-state index contributed by atoms with van der Waals surface area (Å²) in [5.41, 5.74) is 0.358. The van der Waals surface area contributed by atoms with Crippen LogP contribution in [0.1, 0.15) is 29.8 Å². The standard InChI is InChI=1S/C13H18N2O4/c1-8(2)10(7-16)14-13(17)12-9(3)5-4-6-11(12)15(18)19/h4-6,8,10,16H,7H2,1-3H3,(H,14,17)/t10-/m1/s1. The average molecular weight is 266 g/mol. The Morgan fingerprint density at radius 2 is 2.11 bits per heavy atom. The minimum Gasteiger partial charge on any atom is -0.394 e. The van der Waals surface area contributed by atoms with Gasteiger partial charge >= 0.3 is 0 Å². The fourth-order valence-electron chi connectivity index (χ4n) is 1.76. The van der Waals surface area contributed by atoms with Crippen molar-refractivity contribution in [3.8, 4) is 0 Å². The number of amides is 1. The van der Waals surface area contributed by atoms with Crippen LogP contribution in [0.15, 0.2) is 18.2 Å². The van der Waals surface area contributed by atoms with Gasteiger partial charge in [0.05, 0.1) is 17.6 Å². The van der Waals surface area contributed by atoms with Gasteiger partial charge in [0.15, 0.2) is 0 Å². The fraction of sp³-hybridized carbons (Fsp3) is 0.462. The third-order valence-electron chi connectivity index (χ3n) is 2.99. The van der Waals surface area contributed by atoms with Gasteiger partial charge in [0.2, 0.25) is 0 Å². The number of nitro groups is 1. The quantitative estimate of drug-likeness (QED) is 0.626. The summed E-state index contributed by atoms with van der Waals surface area (Å²) < 4.78 is 0. The summed E-state index contributed by atoms with van der Waals surface area (Å²) in [5, 5.41) is 22.8. The van der Waals surface area contributed by atoms with Crippen LogP contribution in [0, 0.1) is 23.0 Å². The summed E-state index contributed by atoms with van der Waals surface area (Å²) in [6, 6.07) is 4.05. The Morgan fingerprint density at radius 1 is 1.47 bits per heavy atom. The van der Waals surface area contributed by atoms with Crippen LogP contribution in [0.3, 0.4) is 0 Å². The van der Waals surface area contributed by atoms with Crippen LogP contribution in [-0.4, -0.2) is 28.6 Å². The van der Waals surface area contributed by atoms with E-state index < -0.39 is 16.9 Å². The lowest BCUT2D eigenvalue weighted by Crippen LogP contribution is -2.41. The van der Waals surface area contributed by atoms with Crippen molar-refractivity contribution in [3.63, 3.8) is 0 Å². The molecule has 1 aromatic carbocycles. The maximum atomic E-state index is 12.1. The molecular weight excluding hydrogens is 248 g/mol. The maximum absolute atomic E-state index is 12.1. The highest BCUT2D eigenvalue weighted by atomic mass is 16.6. The van der Waals surface area contributed by atoms with Crippen LogP contribution >= 0.6 is 0 Å². The number of rotatable bonds is 5. The summed E-state index contributed by atoms with van der Waals surface area (Å²) >= 11 is 0. The van der Waals surface area contributed by atoms with Gasteiger partial charge in [-0.3, -0.25) is 14.9 Å². The largest absolute Gasteiger partial charge is 0.394 e. The minimum atomic E-state index is -0.578. The molecule has 0 bridgehead atoms. The molecule has 0 aromatic heterocycles. The molecular formula is C13H18N2O4. The van der Waals surface area contributed by atoms with Gasteiger partial charge in [0.25, 0.3) is 11.6 Å². The van der Waals surface area contributed by atoms with Crippen molar-refractivity contribution in [2.45, 2.75) is 26.8 Å². The molecule has 19 heavy (non-hydrogen) atoms. The molecule has 104 valence electrons. The lowest BCUT2D eigenvalue weighted by Gasteiger charge is -2.20. The number of hydrogen-bond donors (Lipinski definition) is 2. The Bertz CT molecular complexity index is 486. The number of nitrogens with one attached hydrogen (secondary N) is 1. The number of nitro benzene ring substituents is 1. The summed E-state index contributed by atoms with van der Waals surface area (Å²) in [5.74, 6) is -0.491. The predicted molar refractivity (Wildman–Crippen MR) is 71.0 cm³/mol. The molecule has 1 atom stereocenters. The summed E-state index contributed by atoms with van der Waals surface area (Å²) in [7, 11) is 0. The molecule has 0 aliphatic heterocycles. The van der Waals surface area contributed by atoms with E-state index >= 15 is 0 Å². The molecule has 6 heteroatoms. The Morgan fingerprint density at radius 3 is 2.58 bits per heavy atom. The normalized spacial score (nSPS) is 12.3. The Hall–Kier alpha value is -1.95. The average Bonchev–Trinajstić information content (AvgIpc) is 2.34. The first kappa shape index (κ1) is 15.1. The Labute approximate surface area is 111 Å². The highest BCUT2D eigenvalue weighted by Gasteiger charge is 2.24. The molecule has 0 radical (unpaired) electrons. The smallest absolute Gasteiger partial charge is 0.282 e. The van der Waals surface area contributed by atoms with Crippen molar-refractivity contribution in [1.82, 2.24) is 5.32 Å². The highest BCUT2D eigenvalue weighted by molar-refractivity contribution is 5.99. The van der Waals surface area contributed by atoms with E-state index in [0.717, 1.165) is 0 Å². The molecule has 0 aliphatic carbocycles. The molecule has 0 aliphatic rings. The van der Waals surface area contributed by atoms with Crippen LogP contribution in [0.25, 0.3) is 0 Å². The number of hydrogen-bond acceptors (Lipinski definition) is 4. The molecule has 2 N–H and O–H groups in total. The summed E-state index contributed by atoms with van der Waals surface area (Å²) in [6.45, 7) is 5.15. The minimum absolute atomic E-state index is 0.0389. The Balaban J connectivity index is 3.09. The molecule has 0 saturated heterocycles.